The van der Waals surface area contributed by atoms with Crippen molar-refractivity contribution in [1.29, 1.82) is 0 Å². The predicted octanol–water partition coefficient (Wildman–Crippen LogP) is 3.01. The van der Waals surface area contributed by atoms with Crippen molar-refractivity contribution in [3.8, 4) is 0 Å². The first-order valence-corrected chi connectivity index (χ1v) is 10.9. The Morgan fingerprint density at radius 2 is 2.00 bits per heavy atom. The second-order valence-electron chi connectivity index (χ2n) is 6.55. The standard InChI is InChI=1S/C20H18ClN3O3S/c21-16-12-15-5-3-8-22-19(15)17(13-16)20(25)23-9-11-28(26,27)24-10-7-14-4-1-2-6-18(14)24/h1-6,8,12-13H,7,9-11H2,(H,23,25). The SMILES string of the molecule is O=C(NCCS(=O)(=O)N1CCc2ccccc21)c1cc(Cl)cc2cccnc12. The van der Waals surface area contributed by atoms with Crippen LogP contribution in [0.25, 0.3) is 10.9 Å². The zero-order valence-electron chi connectivity index (χ0n) is 14.9. The third-order valence-electron chi connectivity index (χ3n) is 4.74. The molecular weight excluding hydrogens is 398 g/mol. The van der Waals surface area contributed by atoms with Crippen LogP contribution in [0.5, 0.6) is 0 Å². The number of anilines is 1. The van der Waals surface area contributed by atoms with Crippen LogP contribution in [0.1, 0.15) is 15.9 Å². The van der Waals surface area contributed by atoms with Crippen LogP contribution in [-0.4, -0.2) is 38.2 Å². The maximum Gasteiger partial charge on any atom is 0.253 e. The Balaban J connectivity index is 1.47. The molecule has 8 heteroatoms. The number of hydrogen-bond acceptors (Lipinski definition) is 4. The molecule has 2 heterocycles. The zero-order valence-corrected chi connectivity index (χ0v) is 16.5. The van der Waals surface area contributed by atoms with Gasteiger partial charge in [0, 0.05) is 29.7 Å². The minimum absolute atomic E-state index is 0.000668. The lowest BCUT2D eigenvalue weighted by Crippen LogP contribution is -2.37. The molecule has 0 aliphatic carbocycles. The van der Waals surface area contributed by atoms with E-state index in [9.17, 15) is 13.2 Å². The van der Waals surface area contributed by atoms with E-state index in [0.717, 1.165) is 16.6 Å². The van der Waals surface area contributed by atoms with Gasteiger partial charge in [-0.1, -0.05) is 35.9 Å². The molecule has 0 unspecified atom stereocenters. The van der Waals surface area contributed by atoms with Crippen molar-refractivity contribution in [3.63, 3.8) is 0 Å². The van der Waals surface area contributed by atoms with Crippen molar-refractivity contribution in [3.05, 3.63) is 70.9 Å². The molecule has 0 fully saturated rings. The monoisotopic (exact) mass is 415 g/mol. The van der Waals surface area contributed by atoms with Gasteiger partial charge < -0.3 is 5.32 Å². The van der Waals surface area contributed by atoms with Gasteiger partial charge in [0.25, 0.3) is 5.91 Å². The fourth-order valence-electron chi connectivity index (χ4n) is 3.42. The summed E-state index contributed by atoms with van der Waals surface area (Å²) < 4.78 is 26.9. The molecule has 1 aliphatic heterocycles. The molecule has 3 aromatic rings. The molecule has 6 nitrogen and oxygen atoms in total. The number of sulfonamides is 1. The zero-order chi connectivity index (χ0) is 19.7. The molecule has 1 aliphatic rings. The molecule has 0 spiro atoms. The van der Waals surface area contributed by atoms with E-state index in [-0.39, 0.29) is 12.3 Å². The van der Waals surface area contributed by atoms with Crippen molar-refractivity contribution >= 4 is 44.1 Å². The summed E-state index contributed by atoms with van der Waals surface area (Å²) in [7, 11) is -3.53. The average Bonchev–Trinajstić information content (AvgIpc) is 3.12. The normalized spacial score (nSPS) is 13.5. The number of amides is 1. The van der Waals surface area contributed by atoms with E-state index >= 15 is 0 Å². The highest BCUT2D eigenvalue weighted by molar-refractivity contribution is 7.92. The van der Waals surface area contributed by atoms with Gasteiger partial charge in [-0.25, -0.2) is 8.42 Å². The Bertz CT molecular complexity index is 1160. The predicted molar refractivity (Wildman–Crippen MR) is 110 cm³/mol. The van der Waals surface area contributed by atoms with E-state index in [1.54, 1.807) is 18.3 Å². The second kappa shape index (κ2) is 7.41. The number of nitrogens with one attached hydrogen (secondary N) is 1. The van der Waals surface area contributed by atoms with Crippen molar-refractivity contribution in [1.82, 2.24) is 10.3 Å². The van der Waals surface area contributed by atoms with Crippen LogP contribution in [0.3, 0.4) is 0 Å². The first-order valence-electron chi connectivity index (χ1n) is 8.86. The number of nitrogens with zero attached hydrogens (tertiary/aromatic N) is 2. The fourth-order valence-corrected chi connectivity index (χ4v) is 5.08. The van der Waals surface area contributed by atoms with Gasteiger partial charge in [-0.05, 0) is 36.2 Å². The molecule has 0 bridgehead atoms. The Labute approximate surface area is 168 Å². The molecule has 0 radical (unpaired) electrons. The summed E-state index contributed by atoms with van der Waals surface area (Å²) in [5.74, 6) is -0.581. The van der Waals surface area contributed by atoms with E-state index in [4.69, 9.17) is 11.6 Å². The van der Waals surface area contributed by atoms with Crippen LogP contribution in [0.15, 0.2) is 54.7 Å². The molecule has 0 saturated heterocycles. The quantitative estimate of drug-likeness (QED) is 0.694. The molecule has 144 valence electrons. The number of benzene rings is 2. The Morgan fingerprint density at radius 1 is 1.18 bits per heavy atom. The van der Waals surface area contributed by atoms with Crippen LogP contribution in [-0.2, 0) is 16.4 Å². The number of carbonyl (C=O) groups excluding carboxylic acids is 1. The maximum absolute atomic E-state index is 12.7. The molecule has 1 N–H and O–H groups in total. The van der Waals surface area contributed by atoms with Gasteiger partial charge >= 0.3 is 0 Å². The van der Waals surface area contributed by atoms with Crippen molar-refractivity contribution in [2.45, 2.75) is 6.42 Å². The lowest BCUT2D eigenvalue weighted by molar-refractivity contribution is 0.0957. The molecule has 0 atom stereocenters. The second-order valence-corrected chi connectivity index (χ2v) is 9.00. The largest absolute Gasteiger partial charge is 0.351 e. The third-order valence-corrected chi connectivity index (χ3v) is 6.73. The highest BCUT2D eigenvalue weighted by atomic mass is 35.5. The lowest BCUT2D eigenvalue weighted by Gasteiger charge is -2.19. The van der Waals surface area contributed by atoms with Gasteiger partial charge in [-0.3, -0.25) is 14.1 Å². The first kappa shape index (κ1) is 18.7. The summed E-state index contributed by atoms with van der Waals surface area (Å²) in [4.78, 5) is 16.8. The van der Waals surface area contributed by atoms with Crippen molar-refractivity contribution in [2.75, 3.05) is 23.1 Å². The van der Waals surface area contributed by atoms with E-state index < -0.39 is 15.9 Å². The van der Waals surface area contributed by atoms with Crippen LogP contribution in [0.4, 0.5) is 5.69 Å². The van der Waals surface area contributed by atoms with E-state index in [2.05, 4.69) is 10.3 Å². The number of carbonyl (C=O) groups is 1. The minimum Gasteiger partial charge on any atom is -0.351 e. The molecule has 2 aromatic carbocycles. The van der Waals surface area contributed by atoms with Crippen LogP contribution in [0, 0.1) is 0 Å². The number of halogens is 1. The topological polar surface area (TPSA) is 79.4 Å². The Kier molecular flexibility index (Phi) is 4.95. The van der Waals surface area contributed by atoms with Gasteiger partial charge in [-0.2, -0.15) is 0 Å². The fraction of sp³-hybridized carbons (Fsp3) is 0.200. The maximum atomic E-state index is 12.7. The van der Waals surface area contributed by atoms with Crippen LogP contribution < -0.4 is 9.62 Å². The van der Waals surface area contributed by atoms with Gasteiger partial charge in [0.1, 0.15) is 0 Å². The van der Waals surface area contributed by atoms with Gasteiger partial charge in [0.15, 0.2) is 0 Å². The summed E-state index contributed by atoms with van der Waals surface area (Å²) in [5.41, 5.74) is 2.60. The number of fused-ring (bicyclic) bond motifs is 2. The first-order chi connectivity index (χ1) is 13.5. The lowest BCUT2D eigenvalue weighted by atomic mass is 10.1. The summed E-state index contributed by atoms with van der Waals surface area (Å²) >= 11 is 6.10. The van der Waals surface area contributed by atoms with Crippen molar-refractivity contribution < 1.29 is 13.2 Å². The molecule has 1 aromatic heterocycles. The molecular formula is C20H18ClN3O3S. The van der Waals surface area contributed by atoms with Crippen LogP contribution in [0.2, 0.25) is 5.02 Å². The third kappa shape index (κ3) is 3.55. The molecule has 1 amide bonds. The number of aromatic nitrogens is 1. The van der Waals surface area contributed by atoms with Gasteiger partial charge in [-0.15, -0.1) is 0 Å². The Hall–Kier alpha value is -2.64. The summed E-state index contributed by atoms with van der Waals surface area (Å²) in [6.45, 7) is 0.430. The van der Waals surface area contributed by atoms with E-state index in [1.807, 2.05) is 30.3 Å². The Morgan fingerprint density at radius 3 is 2.86 bits per heavy atom. The van der Waals surface area contributed by atoms with Crippen molar-refractivity contribution in [2.24, 2.45) is 0 Å². The average molecular weight is 416 g/mol. The van der Waals surface area contributed by atoms with Crippen LogP contribution >= 0.6 is 11.6 Å². The van der Waals surface area contributed by atoms with Gasteiger partial charge in [0.05, 0.1) is 22.5 Å². The number of para-hydroxylation sites is 1. The molecule has 0 saturated carbocycles. The molecule has 4 rings (SSSR count). The minimum atomic E-state index is -3.53. The summed E-state index contributed by atoms with van der Waals surface area (Å²) in [6.07, 6.45) is 2.30. The van der Waals surface area contributed by atoms with Gasteiger partial charge in [0.2, 0.25) is 10.0 Å². The molecule has 28 heavy (non-hydrogen) atoms. The number of rotatable bonds is 5. The van der Waals surface area contributed by atoms with E-state index in [0.29, 0.717) is 29.1 Å². The van der Waals surface area contributed by atoms with E-state index in [1.165, 1.54) is 10.4 Å². The number of hydrogen-bond donors (Lipinski definition) is 1. The number of pyridine rings is 1. The smallest absolute Gasteiger partial charge is 0.253 e. The highest BCUT2D eigenvalue weighted by Crippen LogP contribution is 2.30. The highest BCUT2D eigenvalue weighted by Gasteiger charge is 2.28. The summed E-state index contributed by atoms with van der Waals surface area (Å²) in [6, 6.07) is 14.3. The summed E-state index contributed by atoms with van der Waals surface area (Å²) in [5, 5.41) is 3.85.